The van der Waals surface area contributed by atoms with Gasteiger partial charge in [0.25, 0.3) is 0 Å². The number of carboxylic acid groups (broad SMARTS) is 1. The lowest BCUT2D eigenvalue weighted by molar-refractivity contribution is -0.141. The Hall–Kier alpha value is -0.580. The van der Waals surface area contributed by atoms with E-state index >= 15 is 0 Å². The molecule has 16 heavy (non-hydrogen) atoms. The van der Waals surface area contributed by atoms with Crippen molar-refractivity contribution in [1.29, 1.82) is 0 Å². The molecule has 0 aliphatic carbocycles. The summed E-state index contributed by atoms with van der Waals surface area (Å²) in [4.78, 5) is 10.9. The van der Waals surface area contributed by atoms with E-state index in [0.29, 0.717) is 18.0 Å². The molecule has 1 aromatic rings. The van der Waals surface area contributed by atoms with Crippen LogP contribution in [0.5, 0.6) is 0 Å². The van der Waals surface area contributed by atoms with Gasteiger partial charge >= 0.3 is 5.97 Å². The Balaban J connectivity index is 2.20. The Kier molecular flexibility index (Phi) is 3.52. The van der Waals surface area contributed by atoms with Crippen LogP contribution < -0.4 is 5.32 Å². The van der Waals surface area contributed by atoms with Crippen LogP contribution in [0.3, 0.4) is 0 Å². The molecular formula is C11H11BrClNO2. The molecule has 2 N–H and O–H groups in total. The standard InChI is InChI=1S/C11H11BrClNO2/c12-9-2-1-7(13)4-8(9)10-3-6(5-14-10)11(15)16/h1-2,4,6,10,14H,3,5H2,(H,15,16). The Morgan fingerprint density at radius 1 is 1.56 bits per heavy atom. The normalized spacial score (nSPS) is 24.6. The predicted molar refractivity (Wildman–Crippen MR) is 65.6 cm³/mol. The number of carboxylic acids is 1. The lowest BCUT2D eigenvalue weighted by Gasteiger charge is -2.13. The minimum atomic E-state index is -0.742. The maximum Gasteiger partial charge on any atom is 0.307 e. The molecule has 1 aromatic carbocycles. The highest BCUT2D eigenvalue weighted by Gasteiger charge is 2.30. The number of halogens is 2. The van der Waals surface area contributed by atoms with E-state index in [-0.39, 0.29) is 12.0 Å². The maximum absolute atomic E-state index is 10.9. The van der Waals surface area contributed by atoms with Crippen molar-refractivity contribution in [2.45, 2.75) is 12.5 Å². The second kappa shape index (κ2) is 4.73. The van der Waals surface area contributed by atoms with Gasteiger partial charge < -0.3 is 10.4 Å². The molecule has 5 heteroatoms. The SMILES string of the molecule is O=C(O)C1CNC(c2cc(Cl)ccc2Br)C1. The highest BCUT2D eigenvalue weighted by Crippen LogP contribution is 2.33. The summed E-state index contributed by atoms with van der Waals surface area (Å²) in [6, 6.07) is 5.62. The highest BCUT2D eigenvalue weighted by atomic mass is 79.9. The van der Waals surface area contributed by atoms with Gasteiger partial charge in [0.1, 0.15) is 0 Å². The number of carbonyl (C=O) groups is 1. The third-order valence-corrected chi connectivity index (χ3v) is 3.77. The minimum absolute atomic E-state index is 0.0641. The Morgan fingerprint density at radius 3 is 2.94 bits per heavy atom. The molecule has 1 aliphatic rings. The fraction of sp³-hybridized carbons (Fsp3) is 0.364. The van der Waals surface area contributed by atoms with Gasteiger partial charge in [-0.05, 0) is 30.2 Å². The van der Waals surface area contributed by atoms with Gasteiger partial charge in [-0.2, -0.15) is 0 Å². The van der Waals surface area contributed by atoms with Crippen LogP contribution in [0.4, 0.5) is 0 Å². The van der Waals surface area contributed by atoms with Crippen molar-refractivity contribution in [3.05, 3.63) is 33.3 Å². The molecule has 86 valence electrons. The van der Waals surface area contributed by atoms with Gasteiger partial charge in [-0.1, -0.05) is 27.5 Å². The van der Waals surface area contributed by atoms with Gasteiger partial charge in [0.05, 0.1) is 5.92 Å². The van der Waals surface area contributed by atoms with E-state index in [1.54, 1.807) is 6.07 Å². The molecular weight excluding hydrogens is 293 g/mol. The van der Waals surface area contributed by atoms with Crippen LogP contribution in [0.2, 0.25) is 5.02 Å². The first kappa shape index (κ1) is 11.9. The molecule has 0 saturated carbocycles. The van der Waals surface area contributed by atoms with Crippen molar-refractivity contribution in [1.82, 2.24) is 5.32 Å². The van der Waals surface area contributed by atoms with E-state index in [1.165, 1.54) is 0 Å². The van der Waals surface area contributed by atoms with Crippen LogP contribution in [-0.4, -0.2) is 17.6 Å². The fourth-order valence-electron chi connectivity index (χ4n) is 1.94. The van der Waals surface area contributed by atoms with E-state index in [2.05, 4.69) is 21.2 Å². The molecule has 0 amide bonds. The van der Waals surface area contributed by atoms with Gasteiger partial charge in [-0.3, -0.25) is 4.79 Å². The second-order valence-corrected chi connectivity index (χ2v) is 5.19. The third-order valence-electron chi connectivity index (χ3n) is 2.81. The molecule has 1 aliphatic heterocycles. The molecule has 2 rings (SSSR count). The average molecular weight is 305 g/mol. The molecule has 1 saturated heterocycles. The molecule has 0 radical (unpaired) electrons. The van der Waals surface area contributed by atoms with Crippen molar-refractivity contribution < 1.29 is 9.90 Å². The minimum Gasteiger partial charge on any atom is -0.481 e. The average Bonchev–Trinajstić information content (AvgIpc) is 2.70. The van der Waals surface area contributed by atoms with Crippen molar-refractivity contribution in [3.8, 4) is 0 Å². The summed E-state index contributed by atoms with van der Waals surface area (Å²) in [6.07, 6.45) is 0.605. The summed E-state index contributed by atoms with van der Waals surface area (Å²) in [7, 11) is 0. The van der Waals surface area contributed by atoms with Crippen molar-refractivity contribution in [3.63, 3.8) is 0 Å². The van der Waals surface area contributed by atoms with Gasteiger partial charge in [-0.15, -0.1) is 0 Å². The first-order chi connectivity index (χ1) is 7.58. The quantitative estimate of drug-likeness (QED) is 0.883. The van der Waals surface area contributed by atoms with Gasteiger partial charge in [-0.25, -0.2) is 0 Å². The van der Waals surface area contributed by atoms with Crippen molar-refractivity contribution in [2.24, 2.45) is 5.92 Å². The zero-order chi connectivity index (χ0) is 11.7. The predicted octanol–water partition coefficient (Wildman–Crippen LogP) is 2.84. The summed E-state index contributed by atoms with van der Waals surface area (Å²) in [5, 5.41) is 12.8. The Morgan fingerprint density at radius 2 is 2.31 bits per heavy atom. The summed E-state index contributed by atoms with van der Waals surface area (Å²) in [6.45, 7) is 0.513. The summed E-state index contributed by atoms with van der Waals surface area (Å²) in [5.41, 5.74) is 1.02. The lowest BCUT2D eigenvalue weighted by atomic mass is 10.0. The molecule has 0 aromatic heterocycles. The number of hydrogen-bond acceptors (Lipinski definition) is 2. The molecule has 1 heterocycles. The summed E-state index contributed by atoms with van der Waals surface area (Å²) < 4.78 is 0.959. The van der Waals surface area contributed by atoms with E-state index in [4.69, 9.17) is 16.7 Å². The van der Waals surface area contributed by atoms with Crippen molar-refractivity contribution >= 4 is 33.5 Å². The largest absolute Gasteiger partial charge is 0.481 e. The number of hydrogen-bond donors (Lipinski definition) is 2. The molecule has 1 fully saturated rings. The van der Waals surface area contributed by atoms with Gasteiger partial charge in [0.2, 0.25) is 0 Å². The van der Waals surface area contributed by atoms with Crippen LogP contribution in [0.25, 0.3) is 0 Å². The molecule has 3 nitrogen and oxygen atoms in total. The van der Waals surface area contributed by atoms with Crippen LogP contribution in [0, 0.1) is 5.92 Å². The number of aliphatic carboxylic acids is 1. The number of benzene rings is 1. The van der Waals surface area contributed by atoms with Gasteiger partial charge in [0, 0.05) is 22.1 Å². The van der Waals surface area contributed by atoms with Crippen molar-refractivity contribution in [2.75, 3.05) is 6.54 Å². The fourth-order valence-corrected chi connectivity index (χ4v) is 2.65. The van der Waals surface area contributed by atoms with E-state index < -0.39 is 5.97 Å². The van der Waals surface area contributed by atoms with Crippen LogP contribution in [0.15, 0.2) is 22.7 Å². The second-order valence-electron chi connectivity index (χ2n) is 3.90. The zero-order valence-electron chi connectivity index (χ0n) is 8.41. The molecule has 2 unspecified atom stereocenters. The zero-order valence-corrected chi connectivity index (χ0v) is 10.8. The summed E-state index contributed by atoms with van der Waals surface area (Å²) >= 11 is 9.38. The van der Waals surface area contributed by atoms with E-state index in [1.807, 2.05) is 12.1 Å². The highest BCUT2D eigenvalue weighted by molar-refractivity contribution is 9.10. The first-order valence-electron chi connectivity index (χ1n) is 4.99. The topological polar surface area (TPSA) is 49.3 Å². The lowest BCUT2D eigenvalue weighted by Crippen LogP contribution is -2.17. The van der Waals surface area contributed by atoms with Gasteiger partial charge in [0.15, 0.2) is 0 Å². The van der Waals surface area contributed by atoms with Crippen LogP contribution in [-0.2, 0) is 4.79 Å². The molecule has 0 spiro atoms. The Labute approximate surface area is 107 Å². The first-order valence-corrected chi connectivity index (χ1v) is 6.16. The number of nitrogens with one attached hydrogen (secondary N) is 1. The van der Waals surface area contributed by atoms with E-state index in [9.17, 15) is 4.79 Å². The third kappa shape index (κ3) is 2.39. The van der Waals surface area contributed by atoms with Crippen LogP contribution in [0.1, 0.15) is 18.0 Å². The maximum atomic E-state index is 10.9. The molecule has 0 bridgehead atoms. The summed E-state index contributed by atoms with van der Waals surface area (Å²) in [5.74, 6) is -1.05. The monoisotopic (exact) mass is 303 g/mol. The Bertz CT molecular complexity index is 424. The van der Waals surface area contributed by atoms with Crippen LogP contribution >= 0.6 is 27.5 Å². The molecule has 2 atom stereocenters. The van der Waals surface area contributed by atoms with E-state index in [0.717, 1.165) is 10.0 Å². The smallest absolute Gasteiger partial charge is 0.307 e. The number of rotatable bonds is 2.